The fraction of sp³-hybridized carbons (Fsp3) is 0.333. The maximum atomic E-state index is 11.7. The molecule has 1 unspecified atom stereocenters. The van der Waals surface area contributed by atoms with Crippen LogP contribution in [-0.4, -0.2) is 41.5 Å². The normalized spacial score (nSPS) is 19.1. The monoisotopic (exact) mass is 249 g/mol. The summed E-state index contributed by atoms with van der Waals surface area (Å²) in [7, 11) is 1.75. The van der Waals surface area contributed by atoms with Gasteiger partial charge in [0.1, 0.15) is 6.04 Å². The quantitative estimate of drug-likeness (QED) is 0.682. The predicted octanol–water partition coefficient (Wildman–Crippen LogP) is 0.610. The van der Waals surface area contributed by atoms with Crippen molar-refractivity contribution in [2.24, 2.45) is 0 Å². The predicted molar refractivity (Wildman–Crippen MR) is 67.5 cm³/mol. The first-order valence-electron chi connectivity index (χ1n) is 5.63. The van der Waals surface area contributed by atoms with Crippen LogP contribution in [0.5, 0.6) is 0 Å². The molecule has 0 aliphatic carbocycles. The molecule has 0 spiro atoms. The van der Waals surface area contributed by atoms with Gasteiger partial charge in [-0.3, -0.25) is 4.79 Å². The number of aromatic carboxylic acids is 1. The van der Waals surface area contributed by atoms with Gasteiger partial charge < -0.3 is 21.1 Å². The van der Waals surface area contributed by atoms with Crippen LogP contribution in [-0.2, 0) is 4.79 Å². The Morgan fingerprint density at radius 3 is 2.78 bits per heavy atom. The minimum absolute atomic E-state index is 0.0247. The summed E-state index contributed by atoms with van der Waals surface area (Å²) in [6.07, 6.45) is 0.718. The lowest BCUT2D eigenvalue weighted by atomic mass is 10.1. The SMILES string of the molecule is CN1CCC(Nc2ccc(C(=O)O)cc2N)C1=O. The van der Waals surface area contributed by atoms with Crippen molar-refractivity contribution in [3.05, 3.63) is 23.8 Å². The second-order valence-corrected chi connectivity index (χ2v) is 4.35. The van der Waals surface area contributed by atoms with Crippen molar-refractivity contribution < 1.29 is 14.7 Å². The highest BCUT2D eigenvalue weighted by atomic mass is 16.4. The summed E-state index contributed by atoms with van der Waals surface area (Å²) in [5.74, 6) is -0.998. The standard InChI is InChI=1S/C12H15N3O3/c1-15-5-4-10(11(15)16)14-9-3-2-7(12(17)18)6-8(9)13/h2-3,6,10,14H,4-5,13H2,1H3,(H,17,18). The molecule has 96 valence electrons. The zero-order valence-corrected chi connectivity index (χ0v) is 10.0. The van der Waals surface area contributed by atoms with E-state index in [0.29, 0.717) is 17.9 Å². The molecule has 1 amide bonds. The van der Waals surface area contributed by atoms with Crippen LogP contribution < -0.4 is 11.1 Å². The molecule has 6 nitrogen and oxygen atoms in total. The fourth-order valence-electron chi connectivity index (χ4n) is 1.97. The first-order valence-corrected chi connectivity index (χ1v) is 5.63. The summed E-state index contributed by atoms with van der Waals surface area (Å²) in [5, 5.41) is 11.9. The van der Waals surface area contributed by atoms with E-state index >= 15 is 0 Å². The smallest absolute Gasteiger partial charge is 0.335 e. The summed E-state index contributed by atoms with van der Waals surface area (Å²) >= 11 is 0. The molecule has 1 aromatic rings. The molecule has 18 heavy (non-hydrogen) atoms. The highest BCUT2D eigenvalue weighted by Gasteiger charge is 2.29. The van der Waals surface area contributed by atoms with Crippen molar-refractivity contribution in [1.29, 1.82) is 0 Å². The van der Waals surface area contributed by atoms with E-state index in [2.05, 4.69) is 5.32 Å². The van der Waals surface area contributed by atoms with Crippen molar-refractivity contribution in [3.63, 3.8) is 0 Å². The molecule has 0 saturated carbocycles. The number of hydrogen-bond acceptors (Lipinski definition) is 4. The first kappa shape index (κ1) is 12.2. The van der Waals surface area contributed by atoms with Gasteiger partial charge in [0.2, 0.25) is 5.91 Å². The number of likely N-dealkylation sites (N-methyl/N-ethyl adjacent to an activating group) is 1. The van der Waals surface area contributed by atoms with Crippen LogP contribution in [0, 0.1) is 0 Å². The number of nitrogens with zero attached hydrogens (tertiary/aromatic N) is 1. The van der Waals surface area contributed by atoms with Gasteiger partial charge in [0.05, 0.1) is 16.9 Å². The molecule has 0 radical (unpaired) electrons. The van der Waals surface area contributed by atoms with Crippen LogP contribution in [0.25, 0.3) is 0 Å². The van der Waals surface area contributed by atoms with E-state index in [1.165, 1.54) is 12.1 Å². The van der Waals surface area contributed by atoms with Gasteiger partial charge in [0.15, 0.2) is 0 Å². The number of carboxylic acids is 1. The lowest BCUT2D eigenvalue weighted by molar-refractivity contribution is -0.127. The van der Waals surface area contributed by atoms with Crippen LogP contribution in [0.2, 0.25) is 0 Å². The van der Waals surface area contributed by atoms with Crippen LogP contribution in [0.3, 0.4) is 0 Å². The Bertz CT molecular complexity index is 501. The molecule has 1 aromatic carbocycles. The zero-order chi connectivity index (χ0) is 13.3. The molecule has 4 N–H and O–H groups in total. The number of carbonyl (C=O) groups is 2. The lowest BCUT2D eigenvalue weighted by Crippen LogP contribution is -2.31. The number of likely N-dealkylation sites (tertiary alicyclic amines) is 1. The molecular formula is C12H15N3O3. The number of carboxylic acid groups (broad SMARTS) is 1. The number of benzene rings is 1. The van der Waals surface area contributed by atoms with Gasteiger partial charge >= 0.3 is 5.97 Å². The highest BCUT2D eigenvalue weighted by Crippen LogP contribution is 2.23. The van der Waals surface area contributed by atoms with Crippen molar-refractivity contribution >= 4 is 23.3 Å². The fourth-order valence-corrected chi connectivity index (χ4v) is 1.97. The molecule has 1 heterocycles. The average Bonchev–Trinajstić information content (AvgIpc) is 2.63. The van der Waals surface area contributed by atoms with E-state index in [1.807, 2.05) is 0 Å². The minimum atomic E-state index is -1.02. The van der Waals surface area contributed by atoms with Gasteiger partial charge in [-0.05, 0) is 24.6 Å². The van der Waals surface area contributed by atoms with Gasteiger partial charge in [-0.15, -0.1) is 0 Å². The zero-order valence-electron chi connectivity index (χ0n) is 10.0. The topological polar surface area (TPSA) is 95.7 Å². The molecular weight excluding hydrogens is 234 g/mol. The number of anilines is 2. The van der Waals surface area contributed by atoms with Crippen molar-refractivity contribution in [2.75, 3.05) is 24.6 Å². The maximum Gasteiger partial charge on any atom is 0.335 e. The largest absolute Gasteiger partial charge is 0.478 e. The van der Waals surface area contributed by atoms with Gasteiger partial charge in [0, 0.05) is 13.6 Å². The van der Waals surface area contributed by atoms with Crippen LogP contribution >= 0.6 is 0 Å². The van der Waals surface area contributed by atoms with E-state index in [4.69, 9.17) is 10.8 Å². The number of nitrogens with two attached hydrogens (primary N) is 1. The number of nitrogen functional groups attached to an aromatic ring is 1. The number of rotatable bonds is 3. The Morgan fingerprint density at radius 1 is 1.56 bits per heavy atom. The Hall–Kier alpha value is -2.24. The summed E-state index contributed by atoms with van der Waals surface area (Å²) in [4.78, 5) is 24.1. The maximum absolute atomic E-state index is 11.7. The summed E-state index contributed by atoms with van der Waals surface area (Å²) in [6, 6.07) is 4.15. The number of hydrogen-bond donors (Lipinski definition) is 3. The van der Waals surface area contributed by atoms with Crippen molar-refractivity contribution in [2.45, 2.75) is 12.5 Å². The third-order valence-electron chi connectivity index (χ3n) is 3.06. The molecule has 0 aromatic heterocycles. The Kier molecular flexibility index (Phi) is 3.10. The van der Waals surface area contributed by atoms with E-state index in [-0.39, 0.29) is 17.5 Å². The average molecular weight is 249 g/mol. The Labute approximate surface area is 104 Å². The van der Waals surface area contributed by atoms with E-state index in [0.717, 1.165) is 6.42 Å². The van der Waals surface area contributed by atoms with Crippen LogP contribution in [0.4, 0.5) is 11.4 Å². The lowest BCUT2D eigenvalue weighted by Gasteiger charge is -2.15. The molecule has 2 rings (SSSR count). The number of nitrogens with one attached hydrogen (secondary N) is 1. The summed E-state index contributed by atoms with van der Waals surface area (Å²) in [5.41, 5.74) is 6.82. The molecule has 1 fully saturated rings. The minimum Gasteiger partial charge on any atom is -0.478 e. The third-order valence-corrected chi connectivity index (χ3v) is 3.06. The van der Waals surface area contributed by atoms with Crippen LogP contribution in [0.1, 0.15) is 16.8 Å². The van der Waals surface area contributed by atoms with Gasteiger partial charge in [0.25, 0.3) is 0 Å². The molecule has 1 aliphatic rings. The Balaban J connectivity index is 2.15. The van der Waals surface area contributed by atoms with E-state index in [9.17, 15) is 9.59 Å². The number of carbonyl (C=O) groups excluding carboxylic acids is 1. The summed E-state index contributed by atoms with van der Waals surface area (Å²) in [6.45, 7) is 0.712. The van der Waals surface area contributed by atoms with Gasteiger partial charge in [-0.2, -0.15) is 0 Å². The second kappa shape index (κ2) is 4.56. The molecule has 6 heteroatoms. The van der Waals surface area contributed by atoms with E-state index < -0.39 is 5.97 Å². The Morgan fingerprint density at radius 2 is 2.28 bits per heavy atom. The van der Waals surface area contributed by atoms with E-state index in [1.54, 1.807) is 18.0 Å². The van der Waals surface area contributed by atoms with Crippen molar-refractivity contribution in [3.8, 4) is 0 Å². The molecule has 1 saturated heterocycles. The van der Waals surface area contributed by atoms with Crippen LogP contribution in [0.15, 0.2) is 18.2 Å². The molecule has 0 bridgehead atoms. The van der Waals surface area contributed by atoms with Gasteiger partial charge in [-0.1, -0.05) is 0 Å². The number of amides is 1. The third kappa shape index (κ3) is 2.22. The summed E-state index contributed by atoms with van der Waals surface area (Å²) < 4.78 is 0. The second-order valence-electron chi connectivity index (χ2n) is 4.35. The first-order chi connectivity index (χ1) is 8.49. The van der Waals surface area contributed by atoms with Gasteiger partial charge in [-0.25, -0.2) is 4.79 Å². The molecule has 1 aliphatic heterocycles. The molecule has 1 atom stereocenters. The highest BCUT2D eigenvalue weighted by molar-refractivity contribution is 5.91. The van der Waals surface area contributed by atoms with Crippen molar-refractivity contribution in [1.82, 2.24) is 4.90 Å².